The standard InChI is InChI=1S/C14H12N4O3/c1-7-8(2)17-18-10(13(21)16-14(18)15-7)5-9-3-4-11(19)12(20)6-9/h3-6,20-21H,1-2H3. The maximum atomic E-state index is 11.2. The molecule has 0 saturated carbocycles. The Morgan fingerprint density at radius 1 is 1.14 bits per heavy atom. The number of carbonyl (C=O) groups is 1. The van der Waals surface area contributed by atoms with Crippen LogP contribution in [0, 0.1) is 13.8 Å². The van der Waals surface area contributed by atoms with Crippen LogP contribution in [-0.2, 0) is 4.79 Å². The van der Waals surface area contributed by atoms with E-state index in [-0.39, 0.29) is 17.4 Å². The highest BCUT2D eigenvalue weighted by atomic mass is 16.3. The normalized spacial score (nSPS) is 16.8. The van der Waals surface area contributed by atoms with E-state index in [1.807, 2.05) is 6.92 Å². The number of carbonyl (C=O) groups excluding carboxylic acids is 1. The number of aromatic hydroxyl groups is 1. The lowest BCUT2D eigenvalue weighted by Gasteiger charge is -2.04. The predicted octanol–water partition coefficient (Wildman–Crippen LogP) is 1.41. The number of rotatable bonds is 1. The fraction of sp³-hybridized carbons (Fsp3) is 0.143. The van der Waals surface area contributed by atoms with Crippen molar-refractivity contribution >= 4 is 17.6 Å². The molecule has 0 bridgehead atoms. The first-order valence-electron chi connectivity index (χ1n) is 6.23. The van der Waals surface area contributed by atoms with E-state index in [0.29, 0.717) is 17.0 Å². The molecule has 0 saturated heterocycles. The smallest absolute Gasteiger partial charge is 0.254 e. The Kier molecular flexibility index (Phi) is 2.83. The Bertz CT molecular complexity index is 859. The van der Waals surface area contributed by atoms with Crippen LogP contribution in [0.5, 0.6) is 5.88 Å². The van der Waals surface area contributed by atoms with Crippen LogP contribution in [0.25, 0.3) is 11.9 Å². The Balaban J connectivity index is 2.17. The molecule has 3 rings (SSSR count). The average Bonchev–Trinajstić information content (AvgIpc) is 2.71. The molecule has 0 radical (unpaired) electrons. The maximum absolute atomic E-state index is 11.2. The molecule has 21 heavy (non-hydrogen) atoms. The van der Waals surface area contributed by atoms with Crippen molar-refractivity contribution in [1.29, 1.82) is 0 Å². The molecule has 2 aromatic heterocycles. The van der Waals surface area contributed by atoms with Gasteiger partial charge in [-0.25, -0.2) is 4.98 Å². The van der Waals surface area contributed by atoms with Gasteiger partial charge < -0.3 is 10.2 Å². The quantitative estimate of drug-likeness (QED) is 0.821. The highest BCUT2D eigenvalue weighted by molar-refractivity contribution is 6.04. The van der Waals surface area contributed by atoms with Crippen molar-refractivity contribution in [1.82, 2.24) is 19.6 Å². The summed E-state index contributed by atoms with van der Waals surface area (Å²) in [5.41, 5.74) is 2.32. The molecular weight excluding hydrogens is 272 g/mol. The van der Waals surface area contributed by atoms with Crippen molar-refractivity contribution in [3.8, 4) is 5.88 Å². The first kappa shape index (κ1) is 13.0. The number of fused-ring (bicyclic) bond motifs is 1. The Morgan fingerprint density at radius 3 is 2.62 bits per heavy atom. The highest BCUT2D eigenvalue weighted by Crippen LogP contribution is 2.22. The highest BCUT2D eigenvalue weighted by Gasteiger charge is 2.15. The Hall–Kier alpha value is -2.96. The van der Waals surface area contributed by atoms with Crippen molar-refractivity contribution in [2.45, 2.75) is 13.8 Å². The molecule has 0 fully saturated rings. The van der Waals surface area contributed by atoms with Crippen LogP contribution in [0.15, 0.2) is 29.6 Å². The number of aliphatic hydroxyl groups is 1. The summed E-state index contributed by atoms with van der Waals surface area (Å²) in [7, 11) is 0. The number of nitrogens with zero attached hydrogens (tertiary/aromatic N) is 4. The van der Waals surface area contributed by atoms with Gasteiger partial charge in [-0.1, -0.05) is 6.08 Å². The van der Waals surface area contributed by atoms with Gasteiger partial charge >= 0.3 is 0 Å². The van der Waals surface area contributed by atoms with E-state index in [2.05, 4.69) is 15.1 Å². The van der Waals surface area contributed by atoms with Gasteiger partial charge in [-0.2, -0.15) is 14.6 Å². The number of hydrogen-bond acceptors (Lipinski definition) is 6. The van der Waals surface area contributed by atoms with Crippen LogP contribution >= 0.6 is 0 Å². The van der Waals surface area contributed by atoms with Gasteiger partial charge in [0.2, 0.25) is 11.7 Å². The fourth-order valence-corrected chi connectivity index (χ4v) is 1.93. The molecule has 7 nitrogen and oxygen atoms in total. The molecule has 2 N–H and O–H groups in total. The first-order chi connectivity index (χ1) is 9.95. The van der Waals surface area contributed by atoms with Gasteiger partial charge in [-0.05, 0) is 37.6 Å². The zero-order valence-corrected chi connectivity index (χ0v) is 11.4. The van der Waals surface area contributed by atoms with Crippen molar-refractivity contribution < 1.29 is 15.0 Å². The largest absolute Gasteiger partial charge is 0.504 e. The number of imidazole rings is 1. The summed E-state index contributed by atoms with van der Waals surface area (Å²) in [5, 5.41) is 23.7. The lowest BCUT2D eigenvalue weighted by Crippen LogP contribution is -2.03. The number of allylic oxidation sites excluding steroid dienone is 4. The van der Waals surface area contributed by atoms with E-state index in [9.17, 15) is 15.0 Å². The van der Waals surface area contributed by atoms with Crippen LogP contribution < -0.4 is 0 Å². The summed E-state index contributed by atoms with van der Waals surface area (Å²) in [5.74, 6) is -0.742. The van der Waals surface area contributed by atoms with Crippen molar-refractivity contribution in [3.05, 3.63) is 46.6 Å². The summed E-state index contributed by atoms with van der Waals surface area (Å²) < 4.78 is 1.42. The van der Waals surface area contributed by atoms with Gasteiger partial charge in [0.15, 0.2) is 5.76 Å². The topological polar surface area (TPSA) is 101 Å². The Morgan fingerprint density at radius 2 is 1.90 bits per heavy atom. The number of aryl methyl sites for hydroxylation is 2. The molecule has 0 amide bonds. The van der Waals surface area contributed by atoms with Crippen molar-refractivity contribution in [3.63, 3.8) is 0 Å². The van der Waals surface area contributed by atoms with E-state index >= 15 is 0 Å². The molecule has 0 aromatic carbocycles. The van der Waals surface area contributed by atoms with Gasteiger partial charge in [0.1, 0.15) is 5.69 Å². The average molecular weight is 284 g/mol. The van der Waals surface area contributed by atoms with E-state index in [1.165, 1.54) is 22.7 Å². The van der Waals surface area contributed by atoms with Gasteiger partial charge in [-0.15, -0.1) is 0 Å². The predicted molar refractivity (Wildman–Crippen MR) is 74.8 cm³/mol. The second-order valence-corrected chi connectivity index (χ2v) is 4.69. The van der Waals surface area contributed by atoms with Crippen LogP contribution in [0.3, 0.4) is 0 Å². The zero-order valence-electron chi connectivity index (χ0n) is 11.4. The number of hydrogen-bond donors (Lipinski definition) is 2. The van der Waals surface area contributed by atoms with E-state index in [4.69, 9.17) is 0 Å². The molecule has 1 aliphatic rings. The molecule has 0 unspecified atom stereocenters. The third-order valence-corrected chi connectivity index (χ3v) is 3.18. The minimum Gasteiger partial charge on any atom is -0.504 e. The molecule has 0 spiro atoms. The lowest BCUT2D eigenvalue weighted by molar-refractivity contribution is -0.113. The SMILES string of the molecule is Cc1nc2nc(O)c(C=C3C=CC(=O)C(O)=C3)n2nc1C. The summed E-state index contributed by atoms with van der Waals surface area (Å²) >= 11 is 0. The number of aromatic nitrogens is 4. The minimum absolute atomic E-state index is 0.217. The van der Waals surface area contributed by atoms with Crippen molar-refractivity contribution in [2.75, 3.05) is 0 Å². The van der Waals surface area contributed by atoms with Crippen LogP contribution in [-0.4, -0.2) is 35.6 Å². The molecule has 0 aliphatic heterocycles. The molecular formula is C14H12N4O3. The van der Waals surface area contributed by atoms with Crippen LogP contribution in [0.4, 0.5) is 0 Å². The first-order valence-corrected chi connectivity index (χ1v) is 6.23. The summed E-state index contributed by atoms with van der Waals surface area (Å²) in [6.07, 6.45) is 5.67. The third-order valence-electron chi connectivity index (χ3n) is 3.18. The fourth-order valence-electron chi connectivity index (χ4n) is 1.93. The van der Waals surface area contributed by atoms with Crippen LogP contribution in [0.2, 0.25) is 0 Å². The molecule has 2 heterocycles. The summed E-state index contributed by atoms with van der Waals surface area (Å²) in [6, 6.07) is 0. The molecule has 7 heteroatoms. The van der Waals surface area contributed by atoms with E-state index in [0.717, 1.165) is 5.69 Å². The van der Waals surface area contributed by atoms with E-state index < -0.39 is 5.78 Å². The van der Waals surface area contributed by atoms with Gasteiger partial charge in [-0.3, -0.25) is 4.79 Å². The summed E-state index contributed by atoms with van der Waals surface area (Å²) in [6.45, 7) is 3.61. The second kappa shape index (κ2) is 4.55. The monoisotopic (exact) mass is 284 g/mol. The van der Waals surface area contributed by atoms with E-state index in [1.54, 1.807) is 13.0 Å². The maximum Gasteiger partial charge on any atom is 0.254 e. The molecule has 0 atom stereocenters. The van der Waals surface area contributed by atoms with Crippen LogP contribution in [0.1, 0.15) is 17.1 Å². The van der Waals surface area contributed by atoms with Crippen molar-refractivity contribution in [2.24, 2.45) is 0 Å². The molecule has 2 aromatic rings. The van der Waals surface area contributed by atoms with Gasteiger partial charge in [0.05, 0.1) is 11.4 Å². The summed E-state index contributed by atoms with van der Waals surface area (Å²) in [4.78, 5) is 19.4. The second-order valence-electron chi connectivity index (χ2n) is 4.69. The van der Waals surface area contributed by atoms with Gasteiger partial charge in [0.25, 0.3) is 5.78 Å². The minimum atomic E-state index is -0.458. The lowest BCUT2D eigenvalue weighted by atomic mass is 10.1. The van der Waals surface area contributed by atoms with Gasteiger partial charge in [0, 0.05) is 0 Å². The molecule has 106 valence electrons. The third kappa shape index (κ3) is 2.18. The Labute approximate surface area is 119 Å². The number of aliphatic hydroxyl groups excluding tert-OH is 1. The zero-order chi connectivity index (χ0) is 15.1. The molecule has 1 aliphatic carbocycles. The number of ketones is 1.